The van der Waals surface area contributed by atoms with Gasteiger partial charge < -0.3 is 25.2 Å². The van der Waals surface area contributed by atoms with Crippen molar-refractivity contribution in [3.05, 3.63) is 107 Å². The van der Waals surface area contributed by atoms with E-state index in [2.05, 4.69) is 36.6 Å². The molecule has 1 aliphatic carbocycles. The zero-order chi connectivity index (χ0) is 32.8. The summed E-state index contributed by atoms with van der Waals surface area (Å²) in [6.45, 7) is 9.58. The van der Waals surface area contributed by atoms with Crippen LogP contribution in [0.2, 0.25) is 0 Å². The van der Waals surface area contributed by atoms with Gasteiger partial charge in [0.1, 0.15) is 23.8 Å². The highest BCUT2D eigenvalue weighted by Crippen LogP contribution is 2.47. The maximum atomic E-state index is 14.0. The number of alkyl carbamates (subject to hydrolysis) is 1. The molecule has 3 aromatic carbocycles. The van der Waals surface area contributed by atoms with Gasteiger partial charge in [-0.15, -0.1) is 0 Å². The standard InChI is InChI=1S/C36H44F2N2O5/c1-23(2)26-12-9-13-28(17-26)36(19-27(20-36)33(42)44-22-24-10-7-6-8-11-24)39-21-32(41)31(40-34(43)45-35(3,4)5)16-25-14-29(37)18-30(38)15-25/h6-15,17-18,23,27,31-32,39,41H,16,19-22H2,1-5H3,(H,40,43)/t27?,31-,32+,36?/m0/s1. The van der Waals surface area contributed by atoms with Crippen LogP contribution in [0, 0.1) is 17.6 Å². The number of nitrogens with one attached hydrogen (secondary N) is 2. The number of halogens is 2. The van der Waals surface area contributed by atoms with E-state index in [9.17, 15) is 23.5 Å². The van der Waals surface area contributed by atoms with Gasteiger partial charge in [0.15, 0.2) is 0 Å². The molecule has 1 fully saturated rings. The van der Waals surface area contributed by atoms with E-state index in [-0.39, 0.29) is 42.9 Å². The fourth-order valence-electron chi connectivity index (χ4n) is 5.64. The van der Waals surface area contributed by atoms with E-state index in [0.29, 0.717) is 12.8 Å². The van der Waals surface area contributed by atoms with Crippen LogP contribution in [0.4, 0.5) is 13.6 Å². The lowest BCUT2D eigenvalue weighted by molar-refractivity contribution is -0.156. The van der Waals surface area contributed by atoms with Gasteiger partial charge in [-0.1, -0.05) is 68.4 Å². The molecule has 45 heavy (non-hydrogen) atoms. The quantitative estimate of drug-likeness (QED) is 0.199. The van der Waals surface area contributed by atoms with E-state index in [4.69, 9.17) is 9.47 Å². The van der Waals surface area contributed by atoms with Crippen LogP contribution in [-0.2, 0) is 32.8 Å². The van der Waals surface area contributed by atoms with E-state index in [1.807, 2.05) is 42.5 Å². The Hall–Kier alpha value is -3.82. The number of hydrogen-bond donors (Lipinski definition) is 3. The largest absolute Gasteiger partial charge is 0.461 e. The molecule has 0 saturated heterocycles. The molecule has 0 aromatic heterocycles. The zero-order valence-corrected chi connectivity index (χ0v) is 26.6. The maximum absolute atomic E-state index is 14.0. The Morgan fingerprint density at radius 2 is 1.62 bits per heavy atom. The summed E-state index contributed by atoms with van der Waals surface area (Å²) in [5, 5.41) is 17.6. The summed E-state index contributed by atoms with van der Waals surface area (Å²) in [6.07, 6.45) is -1.06. The molecule has 9 heteroatoms. The first-order chi connectivity index (χ1) is 21.2. The number of aliphatic hydroxyl groups is 1. The van der Waals surface area contributed by atoms with Crippen LogP contribution in [0.5, 0.6) is 0 Å². The summed E-state index contributed by atoms with van der Waals surface area (Å²) in [6, 6.07) is 19.8. The first kappa shape index (κ1) is 34.1. The molecule has 0 radical (unpaired) electrons. The summed E-state index contributed by atoms with van der Waals surface area (Å²) < 4.78 is 39.0. The third kappa shape index (κ3) is 9.58. The molecule has 1 amide bonds. The number of esters is 1. The third-order valence-corrected chi connectivity index (χ3v) is 8.05. The van der Waals surface area contributed by atoms with Gasteiger partial charge in [0.25, 0.3) is 0 Å². The summed E-state index contributed by atoms with van der Waals surface area (Å²) in [7, 11) is 0. The van der Waals surface area contributed by atoms with Gasteiger partial charge in [-0.3, -0.25) is 4.79 Å². The van der Waals surface area contributed by atoms with Crippen molar-refractivity contribution in [3.63, 3.8) is 0 Å². The molecule has 3 aromatic rings. The topological polar surface area (TPSA) is 96.9 Å². The molecule has 1 aliphatic rings. The molecule has 3 N–H and O–H groups in total. The Bertz CT molecular complexity index is 1430. The predicted molar refractivity (Wildman–Crippen MR) is 168 cm³/mol. The second-order valence-corrected chi connectivity index (χ2v) is 13.2. The second-order valence-electron chi connectivity index (χ2n) is 13.2. The molecular formula is C36H44F2N2O5. The van der Waals surface area contributed by atoms with E-state index >= 15 is 0 Å². The Balaban J connectivity index is 1.51. The van der Waals surface area contributed by atoms with Crippen LogP contribution in [0.25, 0.3) is 0 Å². The SMILES string of the molecule is CC(C)c1cccc(C2(NC[C@@H](O)[C@H](Cc3cc(F)cc(F)c3)NC(=O)OC(C)(C)C)CC(C(=O)OCc3ccccc3)C2)c1. The highest BCUT2D eigenvalue weighted by Gasteiger charge is 2.49. The van der Waals surface area contributed by atoms with Crippen LogP contribution in [0.3, 0.4) is 0 Å². The average molecular weight is 623 g/mol. The lowest BCUT2D eigenvalue weighted by atomic mass is 9.64. The number of aliphatic hydroxyl groups excluding tert-OH is 1. The molecule has 0 aliphatic heterocycles. The molecular weight excluding hydrogens is 578 g/mol. The van der Waals surface area contributed by atoms with Crippen molar-refractivity contribution in [2.24, 2.45) is 5.92 Å². The molecule has 2 atom stereocenters. The van der Waals surface area contributed by atoms with Crippen molar-refractivity contribution in [2.45, 2.75) is 89.7 Å². The summed E-state index contributed by atoms with van der Waals surface area (Å²) in [5.41, 5.74) is 1.88. The first-order valence-electron chi connectivity index (χ1n) is 15.4. The Labute approximate surface area is 264 Å². The van der Waals surface area contributed by atoms with E-state index in [1.54, 1.807) is 20.8 Å². The fourth-order valence-corrected chi connectivity index (χ4v) is 5.64. The summed E-state index contributed by atoms with van der Waals surface area (Å²) in [5.74, 6) is -1.84. The van der Waals surface area contributed by atoms with Gasteiger partial charge in [-0.05, 0) is 80.3 Å². The van der Waals surface area contributed by atoms with E-state index in [1.165, 1.54) is 12.1 Å². The molecule has 0 spiro atoms. The number of carbonyl (C=O) groups excluding carboxylic acids is 2. The number of ether oxygens (including phenoxy) is 2. The monoisotopic (exact) mass is 622 g/mol. The summed E-state index contributed by atoms with van der Waals surface area (Å²) >= 11 is 0. The van der Waals surface area contributed by atoms with Crippen LogP contribution in [0.1, 0.15) is 75.6 Å². The van der Waals surface area contributed by atoms with Crippen LogP contribution in [-0.4, -0.2) is 41.5 Å². The van der Waals surface area contributed by atoms with Crippen LogP contribution in [0.15, 0.2) is 72.8 Å². The van der Waals surface area contributed by atoms with Crippen molar-refractivity contribution in [3.8, 4) is 0 Å². The Morgan fingerprint density at radius 3 is 2.24 bits per heavy atom. The lowest BCUT2D eigenvalue weighted by Gasteiger charge is -2.48. The normalized spacial score (nSPS) is 19.4. The maximum Gasteiger partial charge on any atom is 0.407 e. The average Bonchev–Trinajstić information content (AvgIpc) is 2.94. The molecule has 0 heterocycles. The smallest absolute Gasteiger partial charge is 0.407 e. The highest BCUT2D eigenvalue weighted by molar-refractivity contribution is 5.74. The minimum Gasteiger partial charge on any atom is -0.461 e. The minimum absolute atomic E-state index is 0.0238. The van der Waals surface area contributed by atoms with E-state index < -0.39 is 41.0 Å². The second kappa shape index (κ2) is 14.5. The van der Waals surface area contributed by atoms with Crippen molar-refractivity contribution in [1.29, 1.82) is 0 Å². The molecule has 0 unspecified atom stereocenters. The molecule has 242 valence electrons. The van der Waals surface area contributed by atoms with Gasteiger partial charge in [-0.2, -0.15) is 0 Å². The van der Waals surface area contributed by atoms with E-state index in [0.717, 1.165) is 22.8 Å². The number of carbonyl (C=O) groups is 2. The van der Waals surface area contributed by atoms with Crippen LogP contribution >= 0.6 is 0 Å². The van der Waals surface area contributed by atoms with Crippen molar-refractivity contribution in [2.75, 3.05) is 6.54 Å². The lowest BCUT2D eigenvalue weighted by Crippen LogP contribution is -2.58. The number of hydrogen-bond acceptors (Lipinski definition) is 6. The predicted octanol–water partition coefficient (Wildman–Crippen LogP) is 6.52. The Morgan fingerprint density at radius 1 is 0.956 bits per heavy atom. The number of benzene rings is 3. The van der Waals surface area contributed by atoms with Gasteiger partial charge >= 0.3 is 12.1 Å². The number of rotatable bonds is 12. The van der Waals surface area contributed by atoms with Gasteiger partial charge in [0.2, 0.25) is 0 Å². The Kier molecular flexibility index (Phi) is 11.0. The summed E-state index contributed by atoms with van der Waals surface area (Å²) in [4.78, 5) is 25.7. The van der Waals surface area contributed by atoms with Crippen molar-refractivity contribution >= 4 is 12.1 Å². The van der Waals surface area contributed by atoms with Crippen molar-refractivity contribution < 1.29 is 33.0 Å². The third-order valence-electron chi connectivity index (χ3n) is 8.05. The molecule has 7 nitrogen and oxygen atoms in total. The van der Waals surface area contributed by atoms with Gasteiger partial charge in [0.05, 0.1) is 18.1 Å². The van der Waals surface area contributed by atoms with Gasteiger partial charge in [0, 0.05) is 18.2 Å². The van der Waals surface area contributed by atoms with Crippen LogP contribution < -0.4 is 10.6 Å². The highest BCUT2D eigenvalue weighted by atomic mass is 19.1. The number of amides is 1. The zero-order valence-electron chi connectivity index (χ0n) is 26.6. The first-order valence-corrected chi connectivity index (χ1v) is 15.4. The molecule has 1 saturated carbocycles. The van der Waals surface area contributed by atoms with Gasteiger partial charge in [-0.25, -0.2) is 13.6 Å². The molecule has 0 bridgehead atoms. The molecule has 4 rings (SSSR count). The van der Waals surface area contributed by atoms with Crippen molar-refractivity contribution in [1.82, 2.24) is 10.6 Å². The minimum atomic E-state index is -1.17. The fraction of sp³-hybridized carbons (Fsp3) is 0.444.